The molecule has 2 aromatic rings. The number of halogens is 1. The highest BCUT2D eigenvalue weighted by atomic mass is 35.5. The van der Waals surface area contributed by atoms with Gasteiger partial charge in [-0.1, -0.05) is 35.9 Å². The summed E-state index contributed by atoms with van der Waals surface area (Å²) in [7, 11) is -1.51. The molecule has 1 unspecified atom stereocenters. The molecule has 2 amide bonds. The molecule has 1 N–H and O–H groups in total. The Balaban J connectivity index is 1.92. The molecule has 5 nitrogen and oxygen atoms in total. The van der Waals surface area contributed by atoms with E-state index in [1.54, 1.807) is 36.2 Å². The highest BCUT2D eigenvalue weighted by molar-refractivity contribution is 7.90. The van der Waals surface area contributed by atoms with Crippen LogP contribution < -0.4 is 5.32 Å². The van der Waals surface area contributed by atoms with Crippen molar-refractivity contribution in [1.29, 1.82) is 0 Å². The van der Waals surface area contributed by atoms with E-state index < -0.39 is 9.84 Å². The summed E-state index contributed by atoms with van der Waals surface area (Å²) in [5, 5.41) is 3.56. The van der Waals surface area contributed by atoms with Gasteiger partial charge in [0.15, 0.2) is 9.84 Å². The quantitative estimate of drug-likeness (QED) is 0.812. The fourth-order valence-corrected chi connectivity index (χ4v) is 3.37. The van der Waals surface area contributed by atoms with Gasteiger partial charge in [-0.3, -0.25) is 0 Å². The van der Waals surface area contributed by atoms with Gasteiger partial charge in [0, 0.05) is 24.9 Å². The molecule has 0 bridgehead atoms. The third-order valence-corrected chi connectivity index (χ3v) is 5.63. The Bertz CT molecular complexity index is 867. The lowest BCUT2D eigenvalue weighted by atomic mass is 10.1. The molecule has 0 aliphatic rings. The number of rotatable bonds is 6. The average molecular weight is 395 g/mol. The molecule has 140 valence electrons. The van der Waals surface area contributed by atoms with E-state index in [2.05, 4.69) is 5.32 Å². The van der Waals surface area contributed by atoms with Gasteiger partial charge in [-0.15, -0.1) is 0 Å². The maximum absolute atomic E-state index is 12.3. The van der Waals surface area contributed by atoms with Gasteiger partial charge in [0.2, 0.25) is 0 Å². The van der Waals surface area contributed by atoms with E-state index in [1.807, 2.05) is 31.2 Å². The van der Waals surface area contributed by atoms with Crippen LogP contribution in [0.5, 0.6) is 0 Å². The first-order valence-electron chi connectivity index (χ1n) is 8.23. The number of benzene rings is 2. The molecule has 0 spiro atoms. The van der Waals surface area contributed by atoms with Gasteiger partial charge in [-0.25, -0.2) is 13.2 Å². The van der Waals surface area contributed by atoms with E-state index in [-0.39, 0.29) is 17.0 Å². The predicted molar refractivity (Wildman–Crippen MR) is 104 cm³/mol. The van der Waals surface area contributed by atoms with E-state index in [1.165, 1.54) is 6.26 Å². The molecule has 0 radical (unpaired) electrons. The topological polar surface area (TPSA) is 66.5 Å². The molecule has 0 aliphatic carbocycles. The number of nitrogens with one attached hydrogen (secondary N) is 1. The van der Waals surface area contributed by atoms with Crippen LogP contribution in [-0.2, 0) is 16.3 Å². The lowest BCUT2D eigenvalue weighted by Gasteiger charge is -2.25. The molecule has 0 saturated carbocycles. The second kappa shape index (κ2) is 8.56. The van der Waals surface area contributed by atoms with Gasteiger partial charge < -0.3 is 10.2 Å². The van der Waals surface area contributed by atoms with Crippen molar-refractivity contribution < 1.29 is 13.2 Å². The third-order valence-electron chi connectivity index (χ3n) is 4.27. The largest absolute Gasteiger partial charge is 0.338 e. The number of amides is 2. The van der Waals surface area contributed by atoms with Gasteiger partial charge in [0.05, 0.1) is 10.9 Å². The van der Waals surface area contributed by atoms with Crippen LogP contribution in [0.3, 0.4) is 0 Å². The normalized spacial score (nSPS) is 12.5. The lowest BCUT2D eigenvalue weighted by molar-refractivity contribution is 0.194. The minimum atomic E-state index is -3.23. The SMILES string of the molecule is CC(c1ccc(S(C)(=O)=O)cc1)N(C)C(=O)NCCc1cccc(Cl)c1. The summed E-state index contributed by atoms with van der Waals surface area (Å²) < 4.78 is 23.1. The van der Waals surface area contributed by atoms with Gasteiger partial charge in [-0.2, -0.15) is 0 Å². The van der Waals surface area contributed by atoms with E-state index >= 15 is 0 Å². The lowest BCUT2D eigenvalue weighted by Crippen LogP contribution is -2.39. The van der Waals surface area contributed by atoms with Gasteiger partial charge >= 0.3 is 6.03 Å². The number of nitrogens with zero attached hydrogens (tertiary/aromatic N) is 1. The van der Waals surface area contributed by atoms with E-state index in [9.17, 15) is 13.2 Å². The number of urea groups is 1. The second-order valence-corrected chi connectivity index (χ2v) is 8.69. The van der Waals surface area contributed by atoms with Crippen molar-refractivity contribution in [2.75, 3.05) is 19.8 Å². The predicted octanol–water partition coefficient (Wildman–Crippen LogP) is 3.69. The molecule has 0 aromatic heterocycles. The molecule has 7 heteroatoms. The van der Waals surface area contributed by atoms with Crippen LogP contribution in [0, 0.1) is 0 Å². The zero-order chi connectivity index (χ0) is 19.3. The van der Waals surface area contributed by atoms with Crippen LogP contribution in [0.15, 0.2) is 53.4 Å². The molecule has 26 heavy (non-hydrogen) atoms. The standard InChI is InChI=1S/C19H23ClN2O3S/c1-14(16-7-9-18(10-8-16)26(3,24)25)22(2)19(23)21-12-11-15-5-4-6-17(20)13-15/h4-10,13-14H,11-12H2,1-3H3,(H,21,23). The first-order chi connectivity index (χ1) is 12.2. The Labute approximate surface area is 159 Å². The number of carbonyl (C=O) groups excluding carboxylic acids is 1. The maximum atomic E-state index is 12.3. The summed E-state index contributed by atoms with van der Waals surface area (Å²) in [5.74, 6) is 0. The summed E-state index contributed by atoms with van der Waals surface area (Å²) in [6.45, 7) is 2.40. The third kappa shape index (κ3) is 5.47. The minimum Gasteiger partial charge on any atom is -0.338 e. The first kappa shape index (κ1) is 20.3. The molecule has 1 atom stereocenters. The monoisotopic (exact) mass is 394 g/mol. The van der Waals surface area contributed by atoms with E-state index in [4.69, 9.17) is 11.6 Å². The summed E-state index contributed by atoms with van der Waals surface area (Å²) >= 11 is 5.95. The highest BCUT2D eigenvalue weighted by Crippen LogP contribution is 2.20. The molecule has 2 aromatic carbocycles. The number of hydrogen-bond donors (Lipinski definition) is 1. The zero-order valence-electron chi connectivity index (χ0n) is 15.1. The molecule has 2 rings (SSSR count). The molecular weight excluding hydrogens is 372 g/mol. The van der Waals surface area contributed by atoms with Crippen LogP contribution in [0.25, 0.3) is 0 Å². The number of carbonyl (C=O) groups is 1. The molecule has 0 aliphatic heterocycles. The van der Waals surface area contributed by atoms with Crippen molar-refractivity contribution in [3.8, 4) is 0 Å². The summed E-state index contributed by atoms with van der Waals surface area (Å²) in [6, 6.07) is 13.8. The van der Waals surface area contributed by atoms with Gasteiger partial charge in [-0.05, 0) is 48.7 Å². The fourth-order valence-electron chi connectivity index (χ4n) is 2.52. The Hall–Kier alpha value is -2.05. The first-order valence-corrected chi connectivity index (χ1v) is 10.5. The summed E-state index contributed by atoms with van der Waals surface area (Å²) in [5.41, 5.74) is 1.93. The average Bonchev–Trinajstić information content (AvgIpc) is 2.60. The Morgan fingerprint density at radius 2 is 1.85 bits per heavy atom. The van der Waals surface area contributed by atoms with E-state index in [0.29, 0.717) is 18.0 Å². The van der Waals surface area contributed by atoms with Crippen LogP contribution in [0.4, 0.5) is 4.79 Å². The van der Waals surface area contributed by atoms with Gasteiger partial charge in [0.1, 0.15) is 0 Å². The zero-order valence-corrected chi connectivity index (χ0v) is 16.6. The summed E-state index contributed by atoms with van der Waals surface area (Å²) in [4.78, 5) is 14.2. The molecule has 0 fully saturated rings. The van der Waals surface area contributed by atoms with Gasteiger partial charge in [0.25, 0.3) is 0 Å². The highest BCUT2D eigenvalue weighted by Gasteiger charge is 2.17. The van der Waals surface area contributed by atoms with Crippen molar-refractivity contribution in [3.05, 3.63) is 64.7 Å². The van der Waals surface area contributed by atoms with Crippen molar-refractivity contribution in [2.45, 2.75) is 24.3 Å². The van der Waals surface area contributed by atoms with Crippen LogP contribution >= 0.6 is 11.6 Å². The van der Waals surface area contributed by atoms with Crippen LogP contribution in [0.1, 0.15) is 24.1 Å². The van der Waals surface area contributed by atoms with Crippen molar-refractivity contribution in [3.63, 3.8) is 0 Å². The Morgan fingerprint density at radius 3 is 2.42 bits per heavy atom. The van der Waals surface area contributed by atoms with Crippen molar-refractivity contribution in [2.24, 2.45) is 0 Å². The summed E-state index contributed by atoms with van der Waals surface area (Å²) in [6.07, 6.45) is 1.86. The number of hydrogen-bond acceptors (Lipinski definition) is 3. The number of sulfone groups is 1. The van der Waals surface area contributed by atoms with Crippen molar-refractivity contribution in [1.82, 2.24) is 10.2 Å². The smallest absolute Gasteiger partial charge is 0.317 e. The molecule has 0 saturated heterocycles. The second-order valence-electron chi connectivity index (χ2n) is 6.24. The fraction of sp³-hybridized carbons (Fsp3) is 0.316. The molecular formula is C19H23ClN2O3S. The van der Waals surface area contributed by atoms with Crippen LogP contribution in [0.2, 0.25) is 5.02 Å². The molecule has 0 heterocycles. The van der Waals surface area contributed by atoms with Crippen molar-refractivity contribution >= 4 is 27.5 Å². The van der Waals surface area contributed by atoms with E-state index in [0.717, 1.165) is 11.1 Å². The Kier molecular flexibility index (Phi) is 6.67. The minimum absolute atomic E-state index is 0.185. The Morgan fingerprint density at radius 1 is 1.19 bits per heavy atom. The van der Waals surface area contributed by atoms with Crippen LogP contribution in [-0.4, -0.2) is 39.2 Å². The maximum Gasteiger partial charge on any atom is 0.317 e.